The van der Waals surface area contributed by atoms with Gasteiger partial charge in [-0.05, 0) is 33.0 Å². The number of nitrogens with zero attached hydrogens (tertiary/aromatic N) is 1. The zero-order valence-electron chi connectivity index (χ0n) is 11.2. The second-order valence-electron chi connectivity index (χ2n) is 4.91. The molecule has 1 aliphatic heterocycles. The summed E-state index contributed by atoms with van der Waals surface area (Å²) in [4.78, 5) is 2.39. The van der Waals surface area contributed by atoms with E-state index in [9.17, 15) is 0 Å². The molecule has 2 heteroatoms. The zero-order valence-corrected chi connectivity index (χ0v) is 12.3. The Bertz CT molecular complexity index is 343. The summed E-state index contributed by atoms with van der Waals surface area (Å²) in [6, 6.07) is 0. The Morgan fingerprint density at radius 3 is 1.78 bits per heavy atom. The van der Waals surface area contributed by atoms with Crippen LogP contribution in [-0.4, -0.2) is 25.0 Å². The van der Waals surface area contributed by atoms with Crippen molar-refractivity contribution in [3.05, 3.63) is 45.4 Å². The first-order valence-corrected chi connectivity index (χ1v) is 7.97. The maximum Gasteiger partial charge on any atom is -0.00218 e. The molecule has 0 spiro atoms. The summed E-state index contributed by atoms with van der Waals surface area (Å²) in [5.74, 6) is 0. The van der Waals surface area contributed by atoms with Crippen molar-refractivity contribution in [3.8, 4) is 0 Å². The summed E-state index contributed by atoms with van der Waals surface area (Å²) in [7, 11) is 2.19. The maximum absolute atomic E-state index is 2.39. The van der Waals surface area contributed by atoms with Crippen molar-refractivity contribution in [2.45, 2.75) is 32.1 Å². The van der Waals surface area contributed by atoms with Crippen LogP contribution >= 0.6 is 0 Å². The molecule has 2 aliphatic carbocycles. The van der Waals surface area contributed by atoms with Crippen LogP contribution in [0.15, 0.2) is 45.4 Å². The van der Waals surface area contributed by atoms with Gasteiger partial charge in [-0.3, -0.25) is 0 Å². The normalized spacial score (nSPS) is 22.7. The molecule has 0 saturated carbocycles. The Balaban J connectivity index is 0.000000149. The number of hydrogen-bond donors (Lipinski definition) is 0. The maximum atomic E-state index is 2.39. The Morgan fingerprint density at radius 2 is 1.44 bits per heavy atom. The summed E-state index contributed by atoms with van der Waals surface area (Å²) >= 11 is 1.18. The van der Waals surface area contributed by atoms with Gasteiger partial charge in [0.1, 0.15) is 0 Å². The molecule has 0 aromatic rings. The molecular formula is C16H23FeN. The zero-order chi connectivity index (χ0) is 12.6. The van der Waals surface area contributed by atoms with Gasteiger partial charge in [0.15, 0.2) is 0 Å². The van der Waals surface area contributed by atoms with E-state index >= 15 is 0 Å². The van der Waals surface area contributed by atoms with Crippen LogP contribution in [0.5, 0.6) is 0 Å². The standard InChI is InChI=1S/C6H13N.2C5H5.Fe/c1-7-5-3-2-4-6-7;2*1-2-4-5-3-1;/h2-6H2,1H3;2*1-3H,4H2;. The van der Waals surface area contributed by atoms with Gasteiger partial charge in [-0.1, -0.05) is 6.42 Å². The predicted molar refractivity (Wildman–Crippen MR) is 75.0 cm³/mol. The summed E-state index contributed by atoms with van der Waals surface area (Å²) in [6.45, 7) is 2.64. The van der Waals surface area contributed by atoms with E-state index in [0.29, 0.717) is 0 Å². The third-order valence-electron chi connectivity index (χ3n) is 3.24. The fourth-order valence-electron chi connectivity index (χ4n) is 2.16. The van der Waals surface area contributed by atoms with Gasteiger partial charge < -0.3 is 4.90 Å². The van der Waals surface area contributed by atoms with Crippen molar-refractivity contribution in [1.29, 1.82) is 0 Å². The Labute approximate surface area is 117 Å². The van der Waals surface area contributed by atoms with Gasteiger partial charge in [0, 0.05) is 0 Å². The predicted octanol–water partition coefficient (Wildman–Crippen LogP) is 3.86. The third-order valence-corrected chi connectivity index (χ3v) is 4.77. The molecule has 0 radical (unpaired) electrons. The number of hydrogen-bond acceptors (Lipinski definition) is 1. The molecule has 1 heterocycles. The summed E-state index contributed by atoms with van der Waals surface area (Å²) in [6.07, 6.45) is 19.8. The topological polar surface area (TPSA) is 3.24 Å². The van der Waals surface area contributed by atoms with Gasteiger partial charge in [0.2, 0.25) is 0 Å². The second kappa shape index (κ2) is 7.78. The molecule has 0 aromatic carbocycles. The summed E-state index contributed by atoms with van der Waals surface area (Å²) in [5.41, 5.74) is 0. The summed E-state index contributed by atoms with van der Waals surface area (Å²) < 4.78 is 3.11. The Morgan fingerprint density at radius 1 is 0.889 bits per heavy atom. The number of likely N-dealkylation sites (tertiary alicyclic amines) is 1. The van der Waals surface area contributed by atoms with E-state index in [2.05, 4.69) is 48.4 Å². The molecule has 0 unspecified atom stereocenters. The Hall–Kier alpha value is -0.561. The van der Waals surface area contributed by atoms with Gasteiger partial charge >= 0.3 is 73.2 Å². The van der Waals surface area contributed by atoms with Crippen LogP contribution in [-0.2, 0) is 15.0 Å². The van der Waals surface area contributed by atoms with Gasteiger partial charge in [0.05, 0.1) is 0 Å². The van der Waals surface area contributed by atoms with Crippen LogP contribution in [0.25, 0.3) is 0 Å². The minimum atomic E-state index is 1.16. The van der Waals surface area contributed by atoms with Crippen molar-refractivity contribution in [1.82, 2.24) is 4.90 Å². The minimum absolute atomic E-state index is 1.16. The van der Waals surface area contributed by atoms with Crippen molar-refractivity contribution in [2.75, 3.05) is 20.1 Å². The number of piperidine rings is 1. The third kappa shape index (κ3) is 4.97. The van der Waals surface area contributed by atoms with E-state index in [1.807, 2.05) is 0 Å². The second-order valence-corrected chi connectivity index (χ2v) is 6.61. The van der Waals surface area contributed by atoms with Crippen LogP contribution < -0.4 is 0 Å². The Kier molecular flexibility index (Phi) is 5.99. The molecule has 3 aliphatic rings. The minimum Gasteiger partial charge on any atom is -0.306 e. The van der Waals surface area contributed by atoms with Crippen LogP contribution in [0, 0.1) is 0 Å². The molecule has 0 atom stereocenters. The van der Waals surface area contributed by atoms with Crippen molar-refractivity contribution in [3.63, 3.8) is 0 Å². The van der Waals surface area contributed by atoms with E-state index < -0.39 is 0 Å². The molecule has 100 valence electrons. The number of rotatable bonds is 2. The largest absolute Gasteiger partial charge is 0.306 e. The van der Waals surface area contributed by atoms with E-state index in [1.54, 1.807) is 8.94 Å². The van der Waals surface area contributed by atoms with Crippen molar-refractivity contribution < 1.29 is 15.0 Å². The first-order valence-electron chi connectivity index (χ1n) is 6.87. The molecule has 1 nitrogen and oxygen atoms in total. The van der Waals surface area contributed by atoms with E-state index in [0.717, 1.165) is 12.8 Å². The van der Waals surface area contributed by atoms with Crippen molar-refractivity contribution >= 4 is 0 Å². The average Bonchev–Trinajstić information content (AvgIpc) is 3.05. The van der Waals surface area contributed by atoms with Gasteiger partial charge in [-0.25, -0.2) is 0 Å². The van der Waals surface area contributed by atoms with Crippen LogP contribution in [0.1, 0.15) is 32.1 Å². The van der Waals surface area contributed by atoms with Crippen LogP contribution in [0.3, 0.4) is 0 Å². The van der Waals surface area contributed by atoms with Crippen LogP contribution in [0.4, 0.5) is 0 Å². The molecule has 1 fully saturated rings. The number of allylic oxidation sites excluding steroid dienone is 8. The van der Waals surface area contributed by atoms with Gasteiger partial charge in [0.25, 0.3) is 0 Å². The van der Waals surface area contributed by atoms with Gasteiger partial charge in [-0.2, -0.15) is 0 Å². The van der Waals surface area contributed by atoms with Gasteiger partial charge in [-0.15, -0.1) is 0 Å². The average molecular weight is 285 g/mol. The van der Waals surface area contributed by atoms with E-state index in [-0.39, 0.29) is 0 Å². The van der Waals surface area contributed by atoms with Crippen LogP contribution in [0.2, 0.25) is 0 Å². The monoisotopic (exact) mass is 285 g/mol. The quantitative estimate of drug-likeness (QED) is 0.696. The molecule has 0 aromatic heterocycles. The SMILES string of the molecule is C1=CC[C]([Fe][C]2=CC=CC2)=C1.CN1CCCCC1. The van der Waals surface area contributed by atoms with Crippen molar-refractivity contribution in [2.24, 2.45) is 0 Å². The first kappa shape index (κ1) is 13.9. The van der Waals surface area contributed by atoms with E-state index in [4.69, 9.17) is 0 Å². The molecule has 3 rings (SSSR count). The first-order chi connectivity index (χ1) is 8.84. The molecule has 18 heavy (non-hydrogen) atoms. The van der Waals surface area contributed by atoms with E-state index in [1.165, 1.54) is 47.3 Å². The molecule has 1 saturated heterocycles. The molecular weight excluding hydrogens is 262 g/mol. The molecule has 0 N–H and O–H groups in total. The molecule has 0 bridgehead atoms. The fourth-order valence-corrected chi connectivity index (χ4v) is 3.50. The summed E-state index contributed by atoms with van der Waals surface area (Å²) in [5, 5.41) is 0. The molecule has 0 amide bonds. The fraction of sp³-hybridized carbons (Fsp3) is 0.500. The smallest absolute Gasteiger partial charge is 0.00218 e.